The Balaban J connectivity index is 2.05. The molecular weight excluding hydrogens is 292 g/mol. The first kappa shape index (κ1) is 16.2. The summed E-state index contributed by atoms with van der Waals surface area (Å²) in [4.78, 5) is 21.7. The first-order chi connectivity index (χ1) is 11.1. The van der Waals surface area contributed by atoms with Crippen LogP contribution in [0.2, 0.25) is 0 Å². The summed E-state index contributed by atoms with van der Waals surface area (Å²) in [7, 11) is 0. The predicted octanol–water partition coefficient (Wildman–Crippen LogP) is 3.08. The maximum Gasteiger partial charge on any atom is 0.224 e. The van der Waals surface area contributed by atoms with Crippen LogP contribution in [0.15, 0.2) is 54.6 Å². The largest absolute Gasteiger partial charge is 0.325 e. The van der Waals surface area contributed by atoms with E-state index < -0.39 is 4.92 Å². The third-order valence-electron chi connectivity index (χ3n) is 3.06. The molecule has 116 valence electrons. The minimum absolute atomic E-state index is 0.113. The summed E-state index contributed by atoms with van der Waals surface area (Å²) < 4.78 is 0. The van der Waals surface area contributed by atoms with Crippen molar-refractivity contribution < 1.29 is 9.72 Å². The van der Waals surface area contributed by atoms with Crippen LogP contribution in [0.5, 0.6) is 0 Å². The molecule has 1 amide bonds. The number of para-hydroxylation sites is 1. The fourth-order valence-corrected chi connectivity index (χ4v) is 1.94. The lowest BCUT2D eigenvalue weighted by Gasteiger charge is -2.06. The lowest BCUT2D eigenvalue weighted by atomic mass is 10.1. The molecule has 0 saturated carbocycles. The number of anilines is 1. The lowest BCUT2D eigenvalue weighted by Crippen LogP contribution is -2.14. The zero-order valence-electron chi connectivity index (χ0n) is 12.5. The smallest absolute Gasteiger partial charge is 0.224 e. The van der Waals surface area contributed by atoms with Crippen molar-refractivity contribution in [1.29, 1.82) is 0 Å². The molecule has 2 rings (SSSR count). The molecule has 1 N–H and O–H groups in total. The topological polar surface area (TPSA) is 72.2 Å². The summed E-state index contributed by atoms with van der Waals surface area (Å²) in [5.41, 5.74) is 2.21. The van der Waals surface area contributed by atoms with E-state index in [4.69, 9.17) is 0 Å². The van der Waals surface area contributed by atoms with Gasteiger partial charge >= 0.3 is 0 Å². The second-order valence-electron chi connectivity index (χ2n) is 4.87. The Hall–Kier alpha value is -3.13. The summed E-state index contributed by atoms with van der Waals surface area (Å²) in [6.45, 7) is -0.205. The minimum atomic E-state index is -0.424. The van der Waals surface area contributed by atoms with Crippen molar-refractivity contribution in [3.8, 4) is 11.8 Å². The highest BCUT2D eigenvalue weighted by Crippen LogP contribution is 2.14. The Morgan fingerprint density at radius 1 is 1.04 bits per heavy atom. The van der Waals surface area contributed by atoms with Crippen LogP contribution >= 0.6 is 0 Å². The minimum Gasteiger partial charge on any atom is -0.325 e. The van der Waals surface area contributed by atoms with E-state index in [1.54, 1.807) is 12.1 Å². The van der Waals surface area contributed by atoms with E-state index in [0.29, 0.717) is 11.3 Å². The number of nitrogens with zero attached hydrogens (tertiary/aromatic N) is 1. The fraction of sp³-hybridized carbons (Fsp3) is 0.167. The van der Waals surface area contributed by atoms with Gasteiger partial charge in [0.25, 0.3) is 0 Å². The van der Waals surface area contributed by atoms with Crippen molar-refractivity contribution in [3.63, 3.8) is 0 Å². The molecule has 0 fully saturated rings. The molecule has 2 aromatic carbocycles. The first-order valence-electron chi connectivity index (χ1n) is 7.23. The molecule has 23 heavy (non-hydrogen) atoms. The van der Waals surface area contributed by atoms with E-state index in [-0.39, 0.29) is 25.3 Å². The molecule has 0 aliphatic carbocycles. The second kappa shape index (κ2) is 8.35. The van der Waals surface area contributed by atoms with Gasteiger partial charge in [0.1, 0.15) is 0 Å². The van der Waals surface area contributed by atoms with Gasteiger partial charge in [0.15, 0.2) is 0 Å². The highest BCUT2D eigenvalue weighted by Gasteiger charge is 2.07. The van der Waals surface area contributed by atoms with Crippen molar-refractivity contribution in [1.82, 2.24) is 0 Å². The van der Waals surface area contributed by atoms with Crippen LogP contribution in [0, 0.1) is 22.0 Å². The van der Waals surface area contributed by atoms with Crippen LogP contribution < -0.4 is 5.32 Å². The molecule has 5 nitrogen and oxygen atoms in total. The van der Waals surface area contributed by atoms with E-state index in [1.807, 2.05) is 42.5 Å². The Morgan fingerprint density at radius 2 is 1.74 bits per heavy atom. The highest BCUT2D eigenvalue weighted by molar-refractivity contribution is 5.92. The molecule has 0 saturated heterocycles. The van der Waals surface area contributed by atoms with Crippen LogP contribution in [0.25, 0.3) is 0 Å². The molecule has 0 aliphatic heterocycles. The summed E-state index contributed by atoms with van der Waals surface area (Å²) in [5, 5.41) is 13.0. The van der Waals surface area contributed by atoms with Crippen LogP contribution in [0.1, 0.15) is 24.0 Å². The fourth-order valence-electron chi connectivity index (χ4n) is 1.94. The van der Waals surface area contributed by atoms with Gasteiger partial charge in [0.05, 0.1) is 5.69 Å². The molecule has 0 bridgehead atoms. The number of carbonyl (C=O) groups excluding carboxylic acids is 1. The van der Waals surface area contributed by atoms with E-state index >= 15 is 0 Å². The Bertz CT molecular complexity index is 746. The summed E-state index contributed by atoms with van der Waals surface area (Å²) in [6.07, 6.45) is 0.331. The zero-order chi connectivity index (χ0) is 16.5. The van der Waals surface area contributed by atoms with Gasteiger partial charge in [0.2, 0.25) is 12.5 Å². The van der Waals surface area contributed by atoms with Crippen LogP contribution in [-0.2, 0) is 4.79 Å². The monoisotopic (exact) mass is 308 g/mol. The third kappa shape index (κ3) is 5.64. The van der Waals surface area contributed by atoms with Crippen molar-refractivity contribution in [2.45, 2.75) is 12.8 Å². The molecule has 0 aliphatic rings. The van der Waals surface area contributed by atoms with Gasteiger partial charge < -0.3 is 5.32 Å². The Morgan fingerprint density at radius 3 is 2.48 bits per heavy atom. The van der Waals surface area contributed by atoms with Gasteiger partial charge in [-0.3, -0.25) is 14.9 Å². The Labute approximate surface area is 134 Å². The van der Waals surface area contributed by atoms with Gasteiger partial charge in [0, 0.05) is 28.9 Å². The van der Waals surface area contributed by atoms with Crippen LogP contribution in [0.4, 0.5) is 5.69 Å². The maximum atomic E-state index is 11.8. The normalized spacial score (nSPS) is 9.57. The van der Waals surface area contributed by atoms with E-state index in [9.17, 15) is 14.9 Å². The van der Waals surface area contributed by atoms with Gasteiger partial charge in [-0.2, -0.15) is 0 Å². The number of nitro groups is 1. The van der Waals surface area contributed by atoms with Gasteiger partial charge in [-0.05, 0) is 24.3 Å². The number of amides is 1. The number of hydrogen-bond donors (Lipinski definition) is 1. The zero-order valence-corrected chi connectivity index (χ0v) is 12.5. The quantitative estimate of drug-likeness (QED) is 0.524. The standard InChI is InChI=1S/C18H16N2O3/c21-18(11-6-14-20(22)23)19-17-10-5-4-9-16(17)13-12-15-7-2-1-3-8-15/h1-5,7-10H,6,11,14H2,(H,19,21). The van der Waals surface area contributed by atoms with Gasteiger partial charge in [-0.15, -0.1) is 0 Å². The molecule has 5 heteroatoms. The molecule has 0 aromatic heterocycles. The number of nitrogens with one attached hydrogen (secondary N) is 1. The average molecular weight is 308 g/mol. The van der Waals surface area contributed by atoms with E-state index in [2.05, 4.69) is 17.2 Å². The first-order valence-corrected chi connectivity index (χ1v) is 7.23. The van der Waals surface area contributed by atoms with Crippen LogP contribution in [0.3, 0.4) is 0 Å². The lowest BCUT2D eigenvalue weighted by molar-refractivity contribution is -0.480. The number of carbonyl (C=O) groups is 1. The molecule has 0 unspecified atom stereocenters. The predicted molar refractivity (Wildman–Crippen MR) is 88.6 cm³/mol. The Kier molecular flexibility index (Phi) is 5.89. The number of benzene rings is 2. The summed E-state index contributed by atoms with van der Waals surface area (Å²) in [6, 6.07) is 16.8. The van der Waals surface area contributed by atoms with Crippen molar-refractivity contribution in [2.75, 3.05) is 11.9 Å². The highest BCUT2D eigenvalue weighted by atomic mass is 16.6. The SMILES string of the molecule is O=C(CCC[N+](=O)[O-])Nc1ccccc1C#Cc1ccccc1. The third-order valence-corrected chi connectivity index (χ3v) is 3.06. The number of hydrogen-bond acceptors (Lipinski definition) is 3. The second-order valence-corrected chi connectivity index (χ2v) is 4.87. The van der Waals surface area contributed by atoms with Crippen molar-refractivity contribution in [2.24, 2.45) is 0 Å². The van der Waals surface area contributed by atoms with E-state index in [1.165, 1.54) is 0 Å². The molecule has 0 heterocycles. The summed E-state index contributed by atoms with van der Waals surface area (Å²) in [5.74, 6) is 5.83. The maximum absolute atomic E-state index is 11.8. The molecule has 2 aromatic rings. The van der Waals surface area contributed by atoms with E-state index in [0.717, 1.165) is 5.56 Å². The number of rotatable bonds is 5. The van der Waals surface area contributed by atoms with Crippen molar-refractivity contribution >= 4 is 11.6 Å². The molecule has 0 spiro atoms. The molecule has 0 atom stereocenters. The average Bonchev–Trinajstić information content (AvgIpc) is 2.54. The van der Waals surface area contributed by atoms with Crippen molar-refractivity contribution in [3.05, 3.63) is 75.8 Å². The molecular formula is C18H16N2O3. The molecule has 0 radical (unpaired) electrons. The van der Waals surface area contributed by atoms with Crippen LogP contribution in [-0.4, -0.2) is 17.4 Å². The summed E-state index contributed by atoms with van der Waals surface area (Å²) >= 11 is 0. The van der Waals surface area contributed by atoms with Gasteiger partial charge in [-0.1, -0.05) is 42.2 Å². The van der Waals surface area contributed by atoms with Gasteiger partial charge in [-0.25, -0.2) is 0 Å².